The Kier molecular flexibility index (Phi) is 8.79. The van der Waals surface area contributed by atoms with Crippen molar-refractivity contribution in [3.8, 4) is 0 Å². The average molecular weight is 535 g/mol. The molecular weight excluding hydrogens is 500 g/mol. The Labute approximate surface area is 224 Å². The zero-order valence-electron chi connectivity index (χ0n) is 21.9. The molecular formula is C30H34O7Si. The van der Waals surface area contributed by atoms with Crippen LogP contribution in [0.2, 0.25) is 5.04 Å². The number of carbonyl (C=O) groups is 2. The Balaban J connectivity index is 1.51. The first-order valence-corrected chi connectivity index (χ1v) is 14.6. The quantitative estimate of drug-likeness (QED) is 0.327. The number of hydrogen-bond acceptors (Lipinski definition) is 6. The van der Waals surface area contributed by atoms with Crippen molar-refractivity contribution in [3.05, 3.63) is 96.6 Å². The van der Waals surface area contributed by atoms with Crippen LogP contribution in [0.4, 0.5) is 0 Å². The number of hydrogen-bond donors (Lipinski definition) is 1. The van der Waals surface area contributed by atoms with Crippen molar-refractivity contribution in [2.24, 2.45) is 0 Å². The van der Waals surface area contributed by atoms with E-state index in [0.29, 0.717) is 0 Å². The smallest absolute Gasteiger partial charge is 0.332 e. The van der Waals surface area contributed by atoms with Crippen molar-refractivity contribution in [1.29, 1.82) is 0 Å². The van der Waals surface area contributed by atoms with E-state index in [1.165, 1.54) is 0 Å². The molecule has 0 amide bonds. The third kappa shape index (κ3) is 6.22. The number of carboxylic acids is 1. The number of carboxylic acid groups (broad SMARTS) is 1. The minimum absolute atomic E-state index is 0.151. The normalized spacial score (nSPS) is 18.9. The van der Waals surface area contributed by atoms with E-state index in [4.69, 9.17) is 18.6 Å². The molecule has 3 aromatic rings. The van der Waals surface area contributed by atoms with E-state index < -0.39 is 50.2 Å². The van der Waals surface area contributed by atoms with Crippen molar-refractivity contribution in [3.63, 3.8) is 0 Å². The lowest BCUT2D eigenvalue weighted by Crippen LogP contribution is -2.68. The van der Waals surface area contributed by atoms with Gasteiger partial charge in [-0.2, -0.15) is 0 Å². The molecule has 0 bridgehead atoms. The molecule has 1 unspecified atom stereocenters. The molecule has 1 fully saturated rings. The van der Waals surface area contributed by atoms with Crippen molar-refractivity contribution in [2.75, 3.05) is 13.2 Å². The summed E-state index contributed by atoms with van der Waals surface area (Å²) in [6.45, 7) is 6.46. The first-order chi connectivity index (χ1) is 18.2. The zero-order chi connectivity index (χ0) is 27.2. The van der Waals surface area contributed by atoms with E-state index in [-0.39, 0.29) is 13.2 Å². The van der Waals surface area contributed by atoms with Gasteiger partial charge in [0, 0.05) is 5.56 Å². The molecule has 1 aliphatic rings. The van der Waals surface area contributed by atoms with Crippen LogP contribution in [0.1, 0.15) is 39.0 Å². The molecule has 0 saturated carbocycles. The van der Waals surface area contributed by atoms with Gasteiger partial charge < -0.3 is 23.7 Å². The molecule has 0 spiro atoms. The second-order valence-corrected chi connectivity index (χ2v) is 14.6. The topological polar surface area (TPSA) is 91.3 Å². The second-order valence-electron chi connectivity index (χ2n) is 10.3. The van der Waals surface area contributed by atoms with Gasteiger partial charge in [0.25, 0.3) is 8.32 Å². The first kappa shape index (κ1) is 27.7. The van der Waals surface area contributed by atoms with Gasteiger partial charge in [-0.1, -0.05) is 112 Å². The lowest BCUT2D eigenvalue weighted by molar-refractivity contribution is -0.230. The lowest BCUT2D eigenvalue weighted by atomic mass is 10.2. The molecule has 0 aromatic heterocycles. The Hall–Kier alpha value is -3.30. The van der Waals surface area contributed by atoms with E-state index in [1.807, 2.05) is 91.0 Å². The molecule has 1 aliphatic heterocycles. The first-order valence-electron chi connectivity index (χ1n) is 12.7. The molecule has 0 radical (unpaired) electrons. The highest BCUT2D eigenvalue weighted by molar-refractivity contribution is 6.99. The van der Waals surface area contributed by atoms with E-state index in [1.54, 1.807) is 0 Å². The van der Waals surface area contributed by atoms with Crippen LogP contribution in [0.5, 0.6) is 0 Å². The number of ether oxygens (including phenoxy) is 3. The molecule has 200 valence electrons. The predicted molar refractivity (Wildman–Crippen MR) is 146 cm³/mol. The van der Waals surface area contributed by atoms with Gasteiger partial charge >= 0.3 is 11.9 Å². The Morgan fingerprint density at radius 1 is 0.868 bits per heavy atom. The number of carbonyl (C=O) groups excluding carboxylic acids is 1. The molecule has 3 aromatic carbocycles. The monoisotopic (exact) mass is 534 g/mol. The van der Waals surface area contributed by atoms with E-state index in [9.17, 15) is 14.7 Å². The van der Waals surface area contributed by atoms with Crippen molar-refractivity contribution >= 4 is 30.6 Å². The van der Waals surface area contributed by atoms with Crippen LogP contribution in [0.15, 0.2) is 91.0 Å². The van der Waals surface area contributed by atoms with Crippen molar-refractivity contribution < 1.29 is 33.3 Å². The summed E-state index contributed by atoms with van der Waals surface area (Å²) in [7, 11) is -3.18. The summed E-state index contributed by atoms with van der Waals surface area (Å²) < 4.78 is 23.7. The lowest BCUT2D eigenvalue weighted by Gasteiger charge is -2.44. The maximum absolute atomic E-state index is 12.9. The van der Waals surface area contributed by atoms with Crippen molar-refractivity contribution in [1.82, 2.24) is 0 Å². The molecule has 7 nitrogen and oxygen atoms in total. The summed E-state index contributed by atoms with van der Waals surface area (Å²) in [5, 5.41) is 11.6. The Morgan fingerprint density at radius 3 is 1.79 bits per heavy atom. The van der Waals surface area contributed by atoms with Crippen LogP contribution in [-0.2, 0) is 28.2 Å². The standard InChI is InChI=1S/C30H34O7Si/c1-30(2,3)38(24-15-9-5-10-16-24,25-17-11-6-12-18-25)37-26(28(32)33)19-27(31)36-23-20-34-29(35-21-23)22-13-7-4-8-14-22/h4-18,23,26,29H,19-21H2,1-3H3,(H,32,33). The van der Waals surface area contributed by atoms with Gasteiger partial charge in [0.1, 0.15) is 6.10 Å². The van der Waals surface area contributed by atoms with Crippen LogP contribution >= 0.6 is 0 Å². The van der Waals surface area contributed by atoms with Crippen LogP contribution in [0.25, 0.3) is 0 Å². The summed E-state index contributed by atoms with van der Waals surface area (Å²) in [4.78, 5) is 25.4. The summed E-state index contributed by atoms with van der Waals surface area (Å²) >= 11 is 0. The van der Waals surface area contributed by atoms with Crippen LogP contribution < -0.4 is 10.4 Å². The Bertz CT molecular complexity index is 1150. The van der Waals surface area contributed by atoms with Crippen molar-refractivity contribution in [2.45, 2.75) is 50.7 Å². The van der Waals surface area contributed by atoms with Gasteiger partial charge in [0.2, 0.25) is 0 Å². The fourth-order valence-corrected chi connectivity index (χ4v) is 9.45. The Morgan fingerprint density at radius 2 is 1.34 bits per heavy atom. The summed E-state index contributed by atoms with van der Waals surface area (Å²) in [5.74, 6) is -1.89. The summed E-state index contributed by atoms with van der Waals surface area (Å²) in [6.07, 6.45) is -2.99. The largest absolute Gasteiger partial charge is 0.479 e. The third-order valence-electron chi connectivity index (χ3n) is 6.60. The molecule has 4 rings (SSSR count). The molecule has 0 aliphatic carbocycles. The fourth-order valence-electron chi connectivity index (χ4n) is 4.83. The highest BCUT2D eigenvalue weighted by Crippen LogP contribution is 2.38. The van der Waals surface area contributed by atoms with Gasteiger partial charge in [-0.25, -0.2) is 4.79 Å². The van der Waals surface area contributed by atoms with Gasteiger partial charge in [-0.05, 0) is 15.4 Å². The SMILES string of the molecule is CC(C)(C)[Si](OC(CC(=O)OC1COC(c2ccccc2)OC1)C(=O)O)(c1ccccc1)c1ccccc1. The van der Waals surface area contributed by atoms with Gasteiger partial charge in [0.05, 0.1) is 19.6 Å². The maximum Gasteiger partial charge on any atom is 0.332 e. The molecule has 1 heterocycles. The van der Waals surface area contributed by atoms with Gasteiger partial charge in [-0.15, -0.1) is 0 Å². The average Bonchev–Trinajstić information content (AvgIpc) is 2.92. The minimum Gasteiger partial charge on any atom is -0.479 e. The van der Waals surface area contributed by atoms with Crippen LogP contribution in [0, 0.1) is 0 Å². The highest BCUT2D eigenvalue weighted by Gasteiger charge is 2.52. The number of esters is 1. The van der Waals surface area contributed by atoms with Crippen LogP contribution in [0.3, 0.4) is 0 Å². The zero-order valence-corrected chi connectivity index (χ0v) is 22.9. The molecule has 1 N–H and O–H groups in total. The maximum atomic E-state index is 12.9. The summed E-state index contributed by atoms with van der Waals surface area (Å²) in [5.41, 5.74) is 0.877. The molecule has 1 atom stereocenters. The molecule has 38 heavy (non-hydrogen) atoms. The molecule has 8 heteroatoms. The number of rotatable bonds is 9. The fraction of sp³-hybridized carbons (Fsp3) is 0.333. The van der Waals surface area contributed by atoms with E-state index in [0.717, 1.165) is 15.9 Å². The minimum atomic E-state index is -3.18. The number of aliphatic carboxylic acids is 1. The molecule has 1 saturated heterocycles. The van der Waals surface area contributed by atoms with E-state index in [2.05, 4.69) is 20.8 Å². The number of benzene rings is 3. The summed E-state index contributed by atoms with van der Waals surface area (Å²) in [6, 6.07) is 28.9. The van der Waals surface area contributed by atoms with Gasteiger partial charge in [0.15, 0.2) is 12.4 Å². The van der Waals surface area contributed by atoms with Gasteiger partial charge in [-0.3, -0.25) is 4.79 Å². The predicted octanol–water partition coefficient (Wildman–Crippen LogP) is 4.06. The van der Waals surface area contributed by atoms with E-state index >= 15 is 0 Å². The highest BCUT2D eigenvalue weighted by atomic mass is 28.4. The second kappa shape index (κ2) is 12.0. The third-order valence-corrected chi connectivity index (χ3v) is 11.6. The van der Waals surface area contributed by atoms with Crippen LogP contribution in [-0.4, -0.2) is 50.8 Å².